The second-order valence-corrected chi connectivity index (χ2v) is 9.77. The number of nitrogens with one attached hydrogen (secondary N) is 1. The number of hydrogen-bond donors (Lipinski definition) is 1. The molecule has 4 atom stereocenters. The predicted octanol–water partition coefficient (Wildman–Crippen LogP) is 4.50. The van der Waals surface area contributed by atoms with Gasteiger partial charge in [0.2, 0.25) is 0 Å². The molecule has 2 bridgehead atoms. The van der Waals surface area contributed by atoms with Crippen LogP contribution in [0, 0.1) is 28.9 Å². The van der Waals surface area contributed by atoms with E-state index in [0.29, 0.717) is 23.0 Å². The fourth-order valence-corrected chi connectivity index (χ4v) is 6.56. The van der Waals surface area contributed by atoms with Crippen molar-refractivity contribution in [1.29, 1.82) is 0 Å². The third kappa shape index (κ3) is 3.52. The van der Waals surface area contributed by atoms with Crippen LogP contribution in [-0.4, -0.2) is 51.6 Å². The number of likely N-dealkylation sites (tertiary alicyclic amines) is 1. The van der Waals surface area contributed by atoms with Crippen LogP contribution in [0.4, 0.5) is 11.4 Å². The number of anilines is 1. The largest absolute Gasteiger partial charge is 0.342 e. The summed E-state index contributed by atoms with van der Waals surface area (Å²) in [6, 6.07) is 6.04. The normalized spacial score (nSPS) is 30.7. The zero-order valence-electron chi connectivity index (χ0n) is 17.5. The SMILES string of the molecule is Cc1ccc([N+](=O)[O-])cc1NC(=S)N1CCCC2=CC3CC(CN4CCCCC34)C21. The van der Waals surface area contributed by atoms with Crippen LogP contribution in [0.3, 0.4) is 0 Å². The molecule has 4 aliphatic rings. The minimum absolute atomic E-state index is 0.0917. The van der Waals surface area contributed by atoms with Crippen LogP contribution in [0.15, 0.2) is 29.8 Å². The van der Waals surface area contributed by atoms with Gasteiger partial charge in [-0.25, -0.2) is 0 Å². The molecule has 0 saturated carbocycles. The number of thiocarbonyl (C=S) groups is 1. The van der Waals surface area contributed by atoms with Crippen molar-refractivity contribution >= 4 is 28.7 Å². The van der Waals surface area contributed by atoms with E-state index in [4.69, 9.17) is 12.2 Å². The maximum atomic E-state index is 11.2. The molecule has 3 fully saturated rings. The molecule has 0 aromatic heterocycles. The molecule has 1 N–H and O–H groups in total. The van der Waals surface area contributed by atoms with Gasteiger partial charge in [0.25, 0.3) is 5.69 Å². The minimum Gasteiger partial charge on any atom is -0.342 e. The average molecular weight is 427 g/mol. The molecule has 30 heavy (non-hydrogen) atoms. The molecule has 0 radical (unpaired) electrons. The molecule has 5 rings (SSSR count). The molecule has 1 aromatic rings. The summed E-state index contributed by atoms with van der Waals surface area (Å²) in [4.78, 5) is 16.0. The highest BCUT2D eigenvalue weighted by Crippen LogP contribution is 2.45. The maximum absolute atomic E-state index is 11.2. The van der Waals surface area contributed by atoms with E-state index in [2.05, 4.69) is 21.2 Å². The Morgan fingerprint density at radius 3 is 2.97 bits per heavy atom. The number of hydrogen-bond acceptors (Lipinski definition) is 4. The second kappa shape index (κ2) is 7.93. The molecule has 0 spiro atoms. The van der Waals surface area contributed by atoms with Crippen LogP contribution in [0.25, 0.3) is 0 Å². The van der Waals surface area contributed by atoms with Gasteiger partial charge in [0.05, 0.1) is 11.0 Å². The maximum Gasteiger partial charge on any atom is 0.271 e. The van der Waals surface area contributed by atoms with Gasteiger partial charge in [-0.3, -0.25) is 15.0 Å². The molecule has 3 heterocycles. The Kier molecular flexibility index (Phi) is 5.27. The Hall–Kier alpha value is -1.99. The summed E-state index contributed by atoms with van der Waals surface area (Å²) in [6.07, 6.45) is 10.2. The predicted molar refractivity (Wildman–Crippen MR) is 123 cm³/mol. The highest BCUT2D eigenvalue weighted by Gasteiger charge is 2.46. The molecule has 7 heteroatoms. The van der Waals surface area contributed by atoms with Gasteiger partial charge in [-0.05, 0) is 75.2 Å². The van der Waals surface area contributed by atoms with Crippen molar-refractivity contribution in [2.75, 3.05) is 25.0 Å². The summed E-state index contributed by atoms with van der Waals surface area (Å²) < 4.78 is 0. The van der Waals surface area contributed by atoms with Crippen LogP contribution in [0.5, 0.6) is 0 Å². The zero-order chi connectivity index (χ0) is 20.8. The van der Waals surface area contributed by atoms with Crippen molar-refractivity contribution in [2.45, 2.75) is 57.5 Å². The van der Waals surface area contributed by atoms with Crippen LogP contribution in [-0.2, 0) is 0 Å². The van der Waals surface area contributed by atoms with Gasteiger partial charge in [0.1, 0.15) is 0 Å². The lowest BCUT2D eigenvalue weighted by atomic mass is 9.68. The quantitative estimate of drug-likeness (QED) is 0.325. The van der Waals surface area contributed by atoms with Crippen LogP contribution < -0.4 is 5.32 Å². The Balaban J connectivity index is 1.39. The van der Waals surface area contributed by atoms with Gasteiger partial charge in [0.15, 0.2) is 5.11 Å². The highest BCUT2D eigenvalue weighted by atomic mass is 32.1. The van der Waals surface area contributed by atoms with Crippen LogP contribution in [0.1, 0.15) is 44.1 Å². The number of piperidine rings is 3. The van der Waals surface area contributed by atoms with Crippen molar-refractivity contribution < 1.29 is 4.92 Å². The van der Waals surface area contributed by atoms with Crippen molar-refractivity contribution in [2.24, 2.45) is 11.8 Å². The number of non-ortho nitro benzene ring substituents is 1. The third-order valence-electron chi connectivity index (χ3n) is 7.59. The van der Waals surface area contributed by atoms with E-state index in [-0.39, 0.29) is 10.6 Å². The van der Waals surface area contributed by atoms with Gasteiger partial charge >= 0.3 is 0 Å². The molecule has 6 nitrogen and oxygen atoms in total. The number of rotatable bonds is 2. The second-order valence-electron chi connectivity index (χ2n) is 9.39. The lowest BCUT2D eigenvalue weighted by Crippen LogP contribution is -2.60. The molecule has 1 aliphatic carbocycles. The number of nitro groups is 1. The summed E-state index contributed by atoms with van der Waals surface area (Å²) in [5.74, 6) is 1.33. The first-order valence-electron chi connectivity index (χ1n) is 11.3. The topological polar surface area (TPSA) is 61.7 Å². The molecular weight excluding hydrogens is 396 g/mol. The molecular formula is C23H30N4O2S. The van der Waals surface area contributed by atoms with Gasteiger partial charge in [-0.15, -0.1) is 0 Å². The first kappa shape index (κ1) is 19.9. The smallest absolute Gasteiger partial charge is 0.271 e. The number of benzene rings is 1. The average Bonchev–Trinajstić information content (AvgIpc) is 2.74. The van der Waals surface area contributed by atoms with Gasteiger partial charge < -0.3 is 10.2 Å². The summed E-state index contributed by atoms with van der Waals surface area (Å²) in [7, 11) is 0. The molecule has 0 amide bonds. The van der Waals surface area contributed by atoms with Gasteiger partial charge in [0, 0.05) is 37.0 Å². The van der Waals surface area contributed by atoms with Gasteiger partial charge in [-0.2, -0.15) is 0 Å². The Morgan fingerprint density at radius 1 is 1.27 bits per heavy atom. The Labute approximate surface area is 183 Å². The number of aryl methyl sites for hydroxylation is 1. The highest BCUT2D eigenvalue weighted by molar-refractivity contribution is 7.80. The fourth-order valence-electron chi connectivity index (χ4n) is 6.25. The summed E-state index contributed by atoms with van der Waals surface area (Å²) in [5, 5.41) is 15.2. The van der Waals surface area contributed by atoms with Crippen LogP contribution in [0.2, 0.25) is 0 Å². The molecule has 1 aromatic carbocycles. The molecule has 3 saturated heterocycles. The van der Waals surface area contributed by atoms with E-state index >= 15 is 0 Å². The van der Waals surface area contributed by atoms with E-state index in [1.54, 1.807) is 23.8 Å². The number of nitro benzene ring substituents is 1. The summed E-state index contributed by atoms with van der Waals surface area (Å²) >= 11 is 5.86. The summed E-state index contributed by atoms with van der Waals surface area (Å²) in [5.41, 5.74) is 3.37. The molecule has 160 valence electrons. The fraction of sp³-hybridized carbons (Fsp3) is 0.609. The van der Waals surface area contributed by atoms with E-state index in [1.807, 2.05) is 6.92 Å². The zero-order valence-corrected chi connectivity index (χ0v) is 18.4. The van der Waals surface area contributed by atoms with E-state index < -0.39 is 0 Å². The standard InChI is InChI=1S/C23H30N4O2S/c1-15-7-8-19(27(28)29)13-20(15)24-23(30)26-10-4-5-16-11-17-12-18(22(16)26)14-25-9-3-2-6-21(17)25/h7-8,11,13,17-18,21-22H,2-6,9-10,12,14H2,1H3,(H,24,30). The molecule has 3 aliphatic heterocycles. The molecule has 4 unspecified atom stereocenters. The van der Waals surface area contributed by atoms with Crippen molar-refractivity contribution in [3.8, 4) is 0 Å². The monoisotopic (exact) mass is 426 g/mol. The lowest BCUT2D eigenvalue weighted by molar-refractivity contribution is -0.384. The van der Waals surface area contributed by atoms with Crippen molar-refractivity contribution in [3.05, 3.63) is 45.5 Å². The minimum atomic E-state index is -0.353. The van der Waals surface area contributed by atoms with Crippen molar-refractivity contribution in [3.63, 3.8) is 0 Å². The van der Waals surface area contributed by atoms with E-state index in [9.17, 15) is 10.1 Å². The first-order chi connectivity index (χ1) is 14.5. The lowest BCUT2D eigenvalue weighted by Gasteiger charge is -2.55. The van der Waals surface area contributed by atoms with E-state index in [1.165, 1.54) is 45.2 Å². The Morgan fingerprint density at radius 2 is 2.13 bits per heavy atom. The van der Waals surface area contributed by atoms with E-state index in [0.717, 1.165) is 30.3 Å². The number of nitrogens with zero attached hydrogens (tertiary/aromatic N) is 3. The third-order valence-corrected chi connectivity index (χ3v) is 7.93. The number of fused-ring (bicyclic) bond motifs is 6. The van der Waals surface area contributed by atoms with Gasteiger partial charge in [-0.1, -0.05) is 24.1 Å². The summed E-state index contributed by atoms with van der Waals surface area (Å²) in [6.45, 7) is 5.33. The Bertz CT molecular complexity index is 901. The van der Waals surface area contributed by atoms with Crippen molar-refractivity contribution in [1.82, 2.24) is 9.80 Å². The van der Waals surface area contributed by atoms with Crippen LogP contribution >= 0.6 is 12.2 Å². The first-order valence-corrected chi connectivity index (χ1v) is 11.7.